The molecule has 0 aliphatic carbocycles. The number of rotatable bonds is 6. The molecule has 0 saturated carbocycles. The SMILES string of the molecule is CCOP(=O)(OC#C[C@H](C)CC)OCC. The van der Waals surface area contributed by atoms with Crippen LogP contribution in [0.5, 0.6) is 0 Å². The van der Waals surface area contributed by atoms with Gasteiger partial charge >= 0.3 is 7.82 Å². The molecule has 0 aliphatic rings. The molecule has 0 spiro atoms. The molecule has 0 rings (SSSR count). The second-order valence-electron chi connectivity index (χ2n) is 2.93. The van der Waals surface area contributed by atoms with Crippen LogP contribution in [0.3, 0.4) is 0 Å². The van der Waals surface area contributed by atoms with Gasteiger partial charge < -0.3 is 4.52 Å². The van der Waals surface area contributed by atoms with Gasteiger partial charge in [0.25, 0.3) is 0 Å². The van der Waals surface area contributed by atoms with Gasteiger partial charge in [0.2, 0.25) is 0 Å². The maximum Gasteiger partial charge on any atom is 0.538 e. The predicted octanol–water partition coefficient (Wildman–Crippen LogP) is 3.19. The first kappa shape index (κ1) is 14.5. The minimum absolute atomic E-state index is 0.210. The van der Waals surface area contributed by atoms with E-state index in [2.05, 4.69) is 12.0 Å². The van der Waals surface area contributed by atoms with Crippen LogP contribution in [0.2, 0.25) is 0 Å². The average molecular weight is 234 g/mol. The normalized spacial score (nSPS) is 12.8. The Morgan fingerprint density at radius 1 is 1.20 bits per heavy atom. The molecule has 88 valence electrons. The summed E-state index contributed by atoms with van der Waals surface area (Å²) in [6.45, 7) is 7.95. The third kappa shape index (κ3) is 6.57. The molecule has 0 aliphatic heterocycles. The molecule has 1 atom stereocenters. The molecule has 0 aromatic heterocycles. The fourth-order valence-corrected chi connectivity index (χ4v) is 1.67. The van der Waals surface area contributed by atoms with Gasteiger partial charge in [0.05, 0.1) is 13.2 Å². The molecule has 0 radical (unpaired) electrons. The Kier molecular flexibility index (Phi) is 7.50. The summed E-state index contributed by atoms with van der Waals surface area (Å²) in [4.78, 5) is 0. The minimum atomic E-state index is -3.46. The molecule has 0 unspecified atom stereocenters. The number of hydrogen-bond donors (Lipinski definition) is 0. The lowest BCUT2D eigenvalue weighted by molar-refractivity contribution is 0.159. The highest BCUT2D eigenvalue weighted by molar-refractivity contribution is 7.48. The summed E-state index contributed by atoms with van der Waals surface area (Å²) in [7, 11) is -3.46. The van der Waals surface area contributed by atoms with Crippen molar-refractivity contribution in [2.45, 2.75) is 34.1 Å². The largest absolute Gasteiger partial charge is 0.538 e. The standard InChI is InChI=1S/C10H19O4P/c1-5-10(4)8-9-14-15(11,12-6-2)13-7-3/h10H,5-7H2,1-4H3/t10-/m1/s1. The first-order valence-corrected chi connectivity index (χ1v) is 6.62. The fraction of sp³-hybridized carbons (Fsp3) is 0.800. The predicted molar refractivity (Wildman–Crippen MR) is 59.2 cm³/mol. The van der Waals surface area contributed by atoms with E-state index in [4.69, 9.17) is 13.6 Å². The maximum atomic E-state index is 11.7. The van der Waals surface area contributed by atoms with Crippen molar-refractivity contribution < 1.29 is 18.1 Å². The third-order valence-corrected chi connectivity index (χ3v) is 3.11. The zero-order chi connectivity index (χ0) is 11.7. The van der Waals surface area contributed by atoms with E-state index < -0.39 is 7.82 Å². The van der Waals surface area contributed by atoms with E-state index in [-0.39, 0.29) is 19.1 Å². The zero-order valence-electron chi connectivity index (χ0n) is 9.78. The maximum absolute atomic E-state index is 11.7. The highest BCUT2D eigenvalue weighted by atomic mass is 31.2. The minimum Gasteiger partial charge on any atom is -0.350 e. The van der Waals surface area contributed by atoms with E-state index in [1.807, 2.05) is 13.8 Å². The Hall–Kier alpha value is -0.490. The Morgan fingerprint density at radius 2 is 1.73 bits per heavy atom. The van der Waals surface area contributed by atoms with Crippen LogP contribution in [-0.4, -0.2) is 13.2 Å². The molecule has 0 aromatic carbocycles. The van der Waals surface area contributed by atoms with Crippen molar-refractivity contribution in [3.63, 3.8) is 0 Å². The van der Waals surface area contributed by atoms with Gasteiger partial charge in [-0.2, -0.15) is 0 Å². The van der Waals surface area contributed by atoms with Gasteiger partial charge in [-0.25, -0.2) is 4.57 Å². The first-order chi connectivity index (χ1) is 7.08. The van der Waals surface area contributed by atoms with Crippen LogP contribution in [0.4, 0.5) is 0 Å². The monoisotopic (exact) mass is 234 g/mol. The van der Waals surface area contributed by atoms with E-state index >= 15 is 0 Å². The molecule has 0 fully saturated rings. The first-order valence-electron chi connectivity index (χ1n) is 5.16. The Balaban J connectivity index is 4.27. The van der Waals surface area contributed by atoms with E-state index in [0.717, 1.165) is 6.42 Å². The lowest BCUT2D eigenvalue weighted by atomic mass is 10.1. The topological polar surface area (TPSA) is 44.8 Å². The number of phosphoric ester groups is 1. The Morgan fingerprint density at radius 3 is 2.13 bits per heavy atom. The highest BCUT2D eigenvalue weighted by Gasteiger charge is 2.25. The highest BCUT2D eigenvalue weighted by Crippen LogP contribution is 2.48. The zero-order valence-corrected chi connectivity index (χ0v) is 10.7. The van der Waals surface area contributed by atoms with E-state index in [0.29, 0.717) is 0 Å². The van der Waals surface area contributed by atoms with Crippen molar-refractivity contribution in [1.82, 2.24) is 0 Å². The van der Waals surface area contributed by atoms with Crippen molar-refractivity contribution >= 4 is 7.82 Å². The molecule has 0 bridgehead atoms. The van der Waals surface area contributed by atoms with Crippen molar-refractivity contribution in [2.24, 2.45) is 5.92 Å². The van der Waals surface area contributed by atoms with E-state index in [9.17, 15) is 4.57 Å². The Labute approximate surface area is 91.9 Å². The quantitative estimate of drug-likeness (QED) is 0.523. The molecular weight excluding hydrogens is 215 g/mol. The van der Waals surface area contributed by atoms with Gasteiger partial charge in [-0.05, 0) is 20.3 Å². The molecule has 5 heteroatoms. The van der Waals surface area contributed by atoms with Crippen LogP contribution in [-0.2, 0) is 18.1 Å². The van der Waals surface area contributed by atoms with Crippen molar-refractivity contribution in [2.75, 3.05) is 13.2 Å². The van der Waals surface area contributed by atoms with Gasteiger partial charge in [-0.3, -0.25) is 9.05 Å². The van der Waals surface area contributed by atoms with Crippen LogP contribution < -0.4 is 0 Å². The van der Waals surface area contributed by atoms with E-state index in [1.165, 1.54) is 0 Å². The second kappa shape index (κ2) is 7.76. The Bertz CT molecular complexity index is 256. The summed E-state index contributed by atoms with van der Waals surface area (Å²) < 4.78 is 26.3. The smallest absolute Gasteiger partial charge is 0.350 e. The second-order valence-corrected chi connectivity index (χ2v) is 4.52. The molecule has 0 N–H and O–H groups in total. The summed E-state index contributed by atoms with van der Waals surface area (Å²) in [6.07, 6.45) is 3.30. The van der Waals surface area contributed by atoms with Gasteiger partial charge in [0.1, 0.15) is 6.11 Å². The van der Waals surface area contributed by atoms with Crippen molar-refractivity contribution in [3.05, 3.63) is 0 Å². The van der Waals surface area contributed by atoms with Crippen LogP contribution in [0, 0.1) is 17.9 Å². The molecule has 0 aromatic rings. The van der Waals surface area contributed by atoms with Crippen molar-refractivity contribution in [3.8, 4) is 12.0 Å². The summed E-state index contributed by atoms with van der Waals surface area (Å²) in [5.41, 5.74) is 0. The number of phosphoric acid groups is 1. The average Bonchev–Trinajstić information content (AvgIpc) is 2.18. The van der Waals surface area contributed by atoms with Crippen molar-refractivity contribution in [1.29, 1.82) is 0 Å². The summed E-state index contributed by atoms with van der Waals surface area (Å²) in [5, 5.41) is 0. The lowest BCUT2D eigenvalue weighted by Gasteiger charge is -2.12. The third-order valence-electron chi connectivity index (χ3n) is 1.65. The van der Waals surface area contributed by atoms with Crippen LogP contribution in [0.1, 0.15) is 34.1 Å². The number of hydrogen-bond acceptors (Lipinski definition) is 4. The summed E-state index contributed by atoms with van der Waals surface area (Å²) in [6, 6.07) is 0. The van der Waals surface area contributed by atoms with E-state index in [1.54, 1.807) is 13.8 Å². The summed E-state index contributed by atoms with van der Waals surface area (Å²) in [5.74, 6) is 3.01. The molecule has 4 nitrogen and oxygen atoms in total. The molecule has 0 heterocycles. The van der Waals surface area contributed by atoms with Gasteiger partial charge in [-0.1, -0.05) is 19.8 Å². The molecule has 15 heavy (non-hydrogen) atoms. The van der Waals surface area contributed by atoms with Crippen LogP contribution >= 0.6 is 7.82 Å². The molecule has 0 amide bonds. The van der Waals surface area contributed by atoms with Crippen LogP contribution in [0.15, 0.2) is 0 Å². The lowest BCUT2D eigenvalue weighted by Crippen LogP contribution is -1.97. The van der Waals surface area contributed by atoms with Crippen LogP contribution in [0.25, 0.3) is 0 Å². The van der Waals surface area contributed by atoms with Gasteiger partial charge in [0.15, 0.2) is 0 Å². The fourth-order valence-electron chi connectivity index (χ4n) is 0.691. The van der Waals surface area contributed by atoms with Gasteiger partial charge in [0, 0.05) is 5.92 Å². The molecular formula is C10H19O4P. The van der Waals surface area contributed by atoms with Gasteiger partial charge in [-0.15, -0.1) is 0 Å². The summed E-state index contributed by atoms with van der Waals surface area (Å²) >= 11 is 0. The molecule has 0 saturated heterocycles.